The van der Waals surface area contributed by atoms with Crippen molar-refractivity contribution in [1.82, 2.24) is 20.2 Å². The molecule has 0 saturated carbocycles. The maximum absolute atomic E-state index is 13.5. The van der Waals surface area contributed by atoms with Crippen molar-refractivity contribution in [2.24, 2.45) is 0 Å². The number of aryl methyl sites for hydroxylation is 1. The maximum Gasteiger partial charge on any atom is 0.412 e. The largest absolute Gasteiger partial charge is 0.458 e. The van der Waals surface area contributed by atoms with Gasteiger partial charge in [-0.1, -0.05) is 13.8 Å². The third kappa shape index (κ3) is 5.18. The zero-order valence-electron chi connectivity index (χ0n) is 24.3. The molecule has 1 aromatic carbocycles. The third-order valence-corrected chi connectivity index (χ3v) is 7.40. The molecule has 2 aliphatic heterocycles. The summed E-state index contributed by atoms with van der Waals surface area (Å²) < 4.78 is 17.4. The summed E-state index contributed by atoms with van der Waals surface area (Å²) in [5, 5.41) is 17.0. The molecule has 2 amide bonds. The van der Waals surface area contributed by atoms with Gasteiger partial charge in [0.2, 0.25) is 0 Å². The van der Waals surface area contributed by atoms with Gasteiger partial charge < -0.3 is 34.5 Å². The van der Waals surface area contributed by atoms with Crippen LogP contribution in [0.15, 0.2) is 29.1 Å². The number of hydrogen-bond acceptors (Lipinski definition) is 9. The number of cyclic esters (lactones) is 1. The van der Waals surface area contributed by atoms with Crippen molar-refractivity contribution in [2.45, 2.75) is 71.8 Å². The molecule has 5 rings (SSSR count). The summed E-state index contributed by atoms with van der Waals surface area (Å²) in [4.78, 5) is 54.9. The highest BCUT2D eigenvalue weighted by atomic mass is 16.6. The first kappa shape index (κ1) is 29.1. The number of nitrogens with one attached hydrogen (secondary N) is 2. The minimum Gasteiger partial charge on any atom is -0.458 e. The fraction of sp³-hybridized carbons (Fsp3) is 0.433. The van der Waals surface area contributed by atoms with Crippen LogP contribution in [-0.4, -0.2) is 51.5 Å². The number of hydrogen-bond donors (Lipinski definition) is 3. The van der Waals surface area contributed by atoms with Crippen molar-refractivity contribution in [3.63, 3.8) is 0 Å². The molecule has 0 aliphatic carbocycles. The predicted molar refractivity (Wildman–Crippen MR) is 152 cm³/mol. The summed E-state index contributed by atoms with van der Waals surface area (Å²) in [5.74, 6) is -0.458. The van der Waals surface area contributed by atoms with Gasteiger partial charge in [-0.2, -0.15) is 0 Å². The highest BCUT2D eigenvalue weighted by Crippen LogP contribution is 2.40. The topological polar surface area (TPSA) is 158 Å². The molecule has 4 heterocycles. The average molecular weight is 579 g/mol. The molecule has 2 aromatic heterocycles. The maximum atomic E-state index is 13.5. The van der Waals surface area contributed by atoms with E-state index in [0.717, 1.165) is 16.5 Å². The van der Waals surface area contributed by atoms with Crippen LogP contribution >= 0.6 is 0 Å². The number of aromatic nitrogens is 2. The van der Waals surface area contributed by atoms with Crippen LogP contribution < -0.4 is 20.9 Å². The van der Waals surface area contributed by atoms with Crippen LogP contribution in [0.5, 0.6) is 5.75 Å². The van der Waals surface area contributed by atoms with Crippen LogP contribution in [-0.2, 0) is 39.4 Å². The Morgan fingerprint density at radius 1 is 1.10 bits per heavy atom. The number of amides is 2. The molecule has 12 heteroatoms. The Bertz CT molecular complexity index is 1670. The average Bonchev–Trinajstić information content (AvgIpc) is 3.29. The smallest absolute Gasteiger partial charge is 0.412 e. The van der Waals surface area contributed by atoms with Gasteiger partial charge in [0.05, 0.1) is 29.0 Å². The molecule has 0 saturated heterocycles. The van der Waals surface area contributed by atoms with Gasteiger partial charge in [0, 0.05) is 29.6 Å². The SMILES string of the molecule is CCc1c2c(nc3ccc(OC(=O)NCCNC(=O)OC(C)(C)C)cc13)-c1cc3c(c(=O)n1C2)COC(=O)[C@]3(O)CC. The Kier molecular flexibility index (Phi) is 7.44. The van der Waals surface area contributed by atoms with E-state index in [0.29, 0.717) is 29.1 Å². The number of pyridine rings is 2. The van der Waals surface area contributed by atoms with Crippen LogP contribution in [0.4, 0.5) is 9.59 Å². The van der Waals surface area contributed by atoms with E-state index in [1.807, 2.05) is 6.92 Å². The van der Waals surface area contributed by atoms with Crippen molar-refractivity contribution in [1.29, 1.82) is 0 Å². The zero-order chi connectivity index (χ0) is 30.4. The Morgan fingerprint density at radius 2 is 1.81 bits per heavy atom. The molecule has 0 fully saturated rings. The number of ether oxygens (including phenoxy) is 3. The van der Waals surface area contributed by atoms with Gasteiger partial charge in [-0.3, -0.25) is 4.79 Å². The van der Waals surface area contributed by atoms with Crippen LogP contribution in [0.25, 0.3) is 22.3 Å². The van der Waals surface area contributed by atoms with E-state index in [2.05, 4.69) is 10.6 Å². The zero-order valence-corrected chi connectivity index (χ0v) is 24.3. The number of rotatable bonds is 6. The van der Waals surface area contributed by atoms with E-state index >= 15 is 0 Å². The molecular weight excluding hydrogens is 544 g/mol. The van der Waals surface area contributed by atoms with Gasteiger partial charge in [-0.15, -0.1) is 0 Å². The number of aliphatic hydroxyl groups is 1. The molecule has 42 heavy (non-hydrogen) atoms. The lowest BCUT2D eigenvalue weighted by atomic mass is 9.86. The number of benzene rings is 1. The van der Waals surface area contributed by atoms with E-state index in [1.54, 1.807) is 56.5 Å². The number of carbonyl (C=O) groups excluding carboxylic acids is 3. The number of esters is 1. The second-order valence-electron chi connectivity index (χ2n) is 11.3. The second-order valence-corrected chi connectivity index (χ2v) is 11.3. The fourth-order valence-corrected chi connectivity index (χ4v) is 5.39. The lowest BCUT2D eigenvalue weighted by Crippen LogP contribution is -2.44. The Hall–Kier alpha value is -4.45. The summed E-state index contributed by atoms with van der Waals surface area (Å²) in [5.41, 5.74) is 1.28. The standard InChI is InChI=1S/C30H34N4O8/c1-6-17-18-12-16(41-27(37)31-10-11-32-28(38)42-29(3,4)5)8-9-22(18)33-24-19(17)14-34-23(24)13-21-20(25(34)35)15-40-26(36)30(21,39)7-2/h8-9,12-13,39H,6-7,10-11,14-15H2,1-5H3,(H,31,37)(H,32,38)/t30-/m0/s1. The Balaban J connectivity index is 1.39. The van der Waals surface area contributed by atoms with Crippen molar-refractivity contribution >= 4 is 29.1 Å². The summed E-state index contributed by atoms with van der Waals surface area (Å²) in [6.45, 7) is 9.32. The monoisotopic (exact) mass is 578 g/mol. The first-order chi connectivity index (χ1) is 19.9. The van der Waals surface area contributed by atoms with Crippen LogP contribution in [0.2, 0.25) is 0 Å². The quantitative estimate of drug-likeness (QED) is 0.231. The van der Waals surface area contributed by atoms with Crippen LogP contribution in [0.3, 0.4) is 0 Å². The van der Waals surface area contributed by atoms with Crippen LogP contribution in [0.1, 0.15) is 63.3 Å². The summed E-state index contributed by atoms with van der Waals surface area (Å²) in [7, 11) is 0. The van der Waals surface area contributed by atoms with E-state index in [1.165, 1.54) is 0 Å². The number of alkyl carbamates (subject to hydrolysis) is 1. The van der Waals surface area contributed by atoms with E-state index in [9.17, 15) is 24.3 Å². The van der Waals surface area contributed by atoms with Crippen LogP contribution in [0, 0.1) is 0 Å². The van der Waals surface area contributed by atoms with Gasteiger partial charge in [-0.25, -0.2) is 19.4 Å². The summed E-state index contributed by atoms with van der Waals surface area (Å²) in [6.07, 6.45) is -0.573. The summed E-state index contributed by atoms with van der Waals surface area (Å²) >= 11 is 0. The minimum absolute atomic E-state index is 0.0660. The van der Waals surface area contributed by atoms with Crippen molar-refractivity contribution in [3.05, 3.63) is 56.9 Å². The summed E-state index contributed by atoms with van der Waals surface area (Å²) in [6, 6.07) is 6.78. The van der Waals surface area contributed by atoms with E-state index < -0.39 is 29.4 Å². The van der Waals surface area contributed by atoms with Gasteiger partial charge >= 0.3 is 18.2 Å². The number of fused-ring (bicyclic) bond motifs is 5. The van der Waals surface area contributed by atoms with Crippen molar-refractivity contribution in [2.75, 3.05) is 13.1 Å². The lowest BCUT2D eigenvalue weighted by molar-refractivity contribution is -0.172. The normalized spacial score (nSPS) is 17.1. The molecule has 222 valence electrons. The van der Waals surface area contributed by atoms with Gasteiger partial charge in [-0.05, 0) is 63.4 Å². The highest BCUT2D eigenvalue weighted by molar-refractivity contribution is 5.90. The minimum atomic E-state index is -1.89. The molecule has 2 aliphatic rings. The lowest BCUT2D eigenvalue weighted by Gasteiger charge is -2.31. The third-order valence-electron chi connectivity index (χ3n) is 7.40. The highest BCUT2D eigenvalue weighted by Gasteiger charge is 2.45. The Morgan fingerprint density at radius 3 is 2.48 bits per heavy atom. The van der Waals surface area contributed by atoms with Gasteiger partial charge in [0.25, 0.3) is 5.56 Å². The molecule has 0 spiro atoms. The van der Waals surface area contributed by atoms with Gasteiger partial charge in [0.15, 0.2) is 5.60 Å². The second kappa shape index (κ2) is 10.8. The number of nitrogens with zero attached hydrogens (tertiary/aromatic N) is 2. The van der Waals surface area contributed by atoms with Crippen molar-refractivity contribution in [3.8, 4) is 17.1 Å². The molecule has 3 N–H and O–H groups in total. The predicted octanol–water partition coefficient (Wildman–Crippen LogP) is 3.26. The molecular formula is C30H34N4O8. The molecule has 0 radical (unpaired) electrons. The van der Waals surface area contributed by atoms with E-state index in [4.69, 9.17) is 19.2 Å². The van der Waals surface area contributed by atoms with E-state index in [-0.39, 0.29) is 49.3 Å². The first-order valence-electron chi connectivity index (χ1n) is 13.9. The molecule has 1 atom stereocenters. The van der Waals surface area contributed by atoms with Gasteiger partial charge in [0.1, 0.15) is 18.0 Å². The van der Waals surface area contributed by atoms with Crippen molar-refractivity contribution < 1.29 is 33.7 Å². The molecule has 3 aromatic rings. The molecule has 0 bridgehead atoms. The number of carbonyl (C=O) groups is 3. The Labute approximate surface area is 242 Å². The first-order valence-corrected chi connectivity index (χ1v) is 13.9. The fourth-order valence-electron chi connectivity index (χ4n) is 5.39. The molecule has 12 nitrogen and oxygen atoms in total. The molecule has 0 unspecified atom stereocenters.